The molecule has 0 bridgehead atoms. The van der Waals surface area contributed by atoms with Crippen LogP contribution in [0, 0.1) is 0 Å². The van der Waals surface area contributed by atoms with E-state index in [4.69, 9.17) is 0 Å². The minimum absolute atomic E-state index is 0.0391. The van der Waals surface area contributed by atoms with Crippen molar-refractivity contribution in [2.75, 3.05) is 13.1 Å². The molecule has 0 atom stereocenters. The van der Waals surface area contributed by atoms with E-state index in [2.05, 4.69) is 45.1 Å². The molecule has 1 fully saturated rings. The van der Waals surface area contributed by atoms with Gasteiger partial charge in [-0.15, -0.1) is 0 Å². The Bertz CT molecular complexity index is 1140. The van der Waals surface area contributed by atoms with Gasteiger partial charge in [-0.1, -0.05) is 48.5 Å². The first kappa shape index (κ1) is 17.0. The zero-order chi connectivity index (χ0) is 18.9. The van der Waals surface area contributed by atoms with E-state index < -0.39 is 0 Å². The van der Waals surface area contributed by atoms with Crippen molar-refractivity contribution < 1.29 is 4.79 Å². The SMILES string of the molecule is O=C(Cc1cc2c(-c3ccccc3)ncn2c2ccccc12)NN1CCCC1. The third-order valence-corrected chi connectivity index (χ3v) is 5.41. The fourth-order valence-corrected chi connectivity index (χ4v) is 4.07. The van der Waals surface area contributed by atoms with E-state index in [9.17, 15) is 4.79 Å². The highest BCUT2D eigenvalue weighted by atomic mass is 16.2. The van der Waals surface area contributed by atoms with Crippen LogP contribution >= 0.6 is 0 Å². The molecule has 3 heterocycles. The van der Waals surface area contributed by atoms with Crippen LogP contribution in [0.25, 0.3) is 27.7 Å². The third-order valence-electron chi connectivity index (χ3n) is 5.41. The van der Waals surface area contributed by atoms with Crippen LogP contribution in [0.1, 0.15) is 18.4 Å². The highest BCUT2D eigenvalue weighted by Gasteiger charge is 2.17. The molecule has 0 spiro atoms. The lowest BCUT2D eigenvalue weighted by Crippen LogP contribution is -2.40. The standard InChI is InChI=1S/C23H22N4O/c28-22(25-26-12-6-7-13-26)15-18-14-21-23(17-8-2-1-3-9-17)24-16-27(21)20-11-5-4-10-19(18)20/h1-5,8-11,14,16H,6-7,12-13,15H2,(H,25,28). The van der Waals surface area contributed by atoms with Gasteiger partial charge in [0.2, 0.25) is 5.91 Å². The Kier molecular flexibility index (Phi) is 4.29. The second-order valence-corrected chi connectivity index (χ2v) is 7.31. The molecule has 140 valence electrons. The molecule has 4 aromatic rings. The van der Waals surface area contributed by atoms with Gasteiger partial charge in [0.05, 0.1) is 23.1 Å². The molecule has 5 heteroatoms. The van der Waals surface area contributed by atoms with E-state index in [1.807, 2.05) is 41.7 Å². The number of aromatic nitrogens is 2. The molecule has 0 radical (unpaired) electrons. The average molecular weight is 370 g/mol. The highest BCUT2D eigenvalue weighted by molar-refractivity contribution is 5.93. The van der Waals surface area contributed by atoms with Gasteiger partial charge in [0.1, 0.15) is 6.33 Å². The smallest absolute Gasteiger partial charge is 0.238 e. The van der Waals surface area contributed by atoms with Crippen molar-refractivity contribution in [2.24, 2.45) is 0 Å². The van der Waals surface area contributed by atoms with Crippen LogP contribution in [0.4, 0.5) is 0 Å². The second kappa shape index (κ2) is 7.09. The third kappa shape index (κ3) is 3.04. The zero-order valence-corrected chi connectivity index (χ0v) is 15.6. The van der Waals surface area contributed by atoms with E-state index in [0.717, 1.165) is 59.2 Å². The first-order valence-electron chi connectivity index (χ1n) is 9.77. The van der Waals surface area contributed by atoms with Crippen LogP contribution in [-0.2, 0) is 11.2 Å². The highest BCUT2D eigenvalue weighted by Crippen LogP contribution is 2.29. The van der Waals surface area contributed by atoms with Crippen LogP contribution in [0.15, 0.2) is 67.0 Å². The Morgan fingerprint density at radius 1 is 0.964 bits per heavy atom. The van der Waals surface area contributed by atoms with E-state index in [1.165, 1.54) is 0 Å². The molecule has 0 unspecified atom stereocenters. The molecule has 1 aliphatic rings. The number of carbonyl (C=O) groups is 1. The van der Waals surface area contributed by atoms with Crippen molar-refractivity contribution in [3.8, 4) is 11.3 Å². The zero-order valence-electron chi connectivity index (χ0n) is 15.6. The number of carbonyl (C=O) groups excluding carboxylic acids is 1. The molecular formula is C23H22N4O. The van der Waals surface area contributed by atoms with Crippen LogP contribution < -0.4 is 5.43 Å². The monoisotopic (exact) mass is 370 g/mol. The van der Waals surface area contributed by atoms with Crippen LogP contribution in [0.3, 0.4) is 0 Å². The summed E-state index contributed by atoms with van der Waals surface area (Å²) in [4.78, 5) is 17.3. The van der Waals surface area contributed by atoms with E-state index >= 15 is 0 Å². The van der Waals surface area contributed by atoms with Crippen LogP contribution in [0.5, 0.6) is 0 Å². The number of pyridine rings is 1. The maximum Gasteiger partial charge on any atom is 0.238 e. The summed E-state index contributed by atoms with van der Waals surface area (Å²) in [6.45, 7) is 1.87. The molecule has 2 aromatic heterocycles. The summed E-state index contributed by atoms with van der Waals surface area (Å²) in [5, 5.41) is 3.11. The van der Waals surface area contributed by atoms with E-state index in [-0.39, 0.29) is 5.91 Å². The van der Waals surface area contributed by atoms with Gasteiger partial charge in [-0.25, -0.2) is 9.99 Å². The van der Waals surface area contributed by atoms with Gasteiger partial charge in [-0.2, -0.15) is 0 Å². The number of amides is 1. The predicted molar refractivity (Wildman–Crippen MR) is 111 cm³/mol. The quantitative estimate of drug-likeness (QED) is 0.594. The topological polar surface area (TPSA) is 49.6 Å². The molecule has 1 saturated heterocycles. The van der Waals surface area contributed by atoms with Gasteiger partial charge >= 0.3 is 0 Å². The van der Waals surface area contributed by atoms with Crippen LogP contribution in [-0.4, -0.2) is 33.4 Å². The maximum absolute atomic E-state index is 12.7. The van der Waals surface area contributed by atoms with Gasteiger partial charge < -0.3 is 0 Å². The van der Waals surface area contributed by atoms with E-state index in [1.54, 1.807) is 0 Å². The molecule has 1 amide bonds. The Balaban J connectivity index is 1.59. The Morgan fingerprint density at radius 3 is 2.54 bits per heavy atom. The first-order chi connectivity index (χ1) is 13.8. The lowest BCUT2D eigenvalue weighted by atomic mass is 10.0. The molecule has 0 saturated carbocycles. The number of benzene rings is 2. The Labute approximate surface area is 163 Å². The van der Waals surface area contributed by atoms with Gasteiger partial charge in [0.15, 0.2) is 0 Å². The molecule has 5 nitrogen and oxygen atoms in total. The molecule has 5 rings (SSSR count). The van der Waals surface area contributed by atoms with Gasteiger partial charge in [0.25, 0.3) is 0 Å². The van der Waals surface area contributed by atoms with Crippen molar-refractivity contribution in [2.45, 2.75) is 19.3 Å². The summed E-state index contributed by atoms with van der Waals surface area (Å²) in [6.07, 6.45) is 4.51. The number of imidazole rings is 1. The fraction of sp³-hybridized carbons (Fsp3) is 0.217. The number of para-hydroxylation sites is 1. The largest absolute Gasteiger partial charge is 0.298 e. The Hall–Kier alpha value is -3.18. The fourth-order valence-electron chi connectivity index (χ4n) is 4.07. The number of hydrogen-bond donors (Lipinski definition) is 1. The second-order valence-electron chi connectivity index (χ2n) is 7.31. The summed E-state index contributed by atoms with van der Waals surface area (Å²) in [6, 6.07) is 20.5. The average Bonchev–Trinajstić information content (AvgIpc) is 3.38. The summed E-state index contributed by atoms with van der Waals surface area (Å²) < 4.78 is 2.11. The molecule has 2 aromatic carbocycles. The lowest BCUT2D eigenvalue weighted by molar-refractivity contribution is -0.124. The number of fused-ring (bicyclic) bond motifs is 3. The van der Waals surface area contributed by atoms with E-state index in [0.29, 0.717) is 6.42 Å². The van der Waals surface area contributed by atoms with Crippen molar-refractivity contribution in [3.63, 3.8) is 0 Å². The summed E-state index contributed by atoms with van der Waals surface area (Å²) in [5.41, 5.74) is 8.18. The first-order valence-corrected chi connectivity index (χ1v) is 9.77. The molecule has 0 aliphatic carbocycles. The van der Waals surface area contributed by atoms with Crippen molar-refractivity contribution >= 4 is 22.3 Å². The normalized spacial score (nSPS) is 14.7. The van der Waals surface area contributed by atoms with Crippen molar-refractivity contribution in [3.05, 3.63) is 72.6 Å². The predicted octanol–water partition coefficient (Wildman–Crippen LogP) is 3.82. The lowest BCUT2D eigenvalue weighted by Gasteiger charge is -2.17. The number of hydrazine groups is 1. The molecule has 1 aliphatic heterocycles. The van der Waals surface area contributed by atoms with Gasteiger partial charge in [0, 0.05) is 24.0 Å². The summed E-state index contributed by atoms with van der Waals surface area (Å²) in [5.74, 6) is 0.0391. The van der Waals surface area contributed by atoms with Crippen molar-refractivity contribution in [1.29, 1.82) is 0 Å². The number of nitrogens with one attached hydrogen (secondary N) is 1. The summed E-state index contributed by atoms with van der Waals surface area (Å²) in [7, 11) is 0. The molecular weight excluding hydrogens is 348 g/mol. The summed E-state index contributed by atoms with van der Waals surface area (Å²) >= 11 is 0. The maximum atomic E-state index is 12.7. The Morgan fingerprint density at radius 2 is 1.71 bits per heavy atom. The molecule has 28 heavy (non-hydrogen) atoms. The van der Waals surface area contributed by atoms with Gasteiger partial charge in [-0.3, -0.25) is 14.6 Å². The number of nitrogens with zero attached hydrogens (tertiary/aromatic N) is 3. The molecule has 1 N–H and O–H groups in total. The number of rotatable bonds is 4. The van der Waals surface area contributed by atoms with Crippen molar-refractivity contribution in [1.82, 2.24) is 19.8 Å². The minimum atomic E-state index is 0.0391. The van der Waals surface area contributed by atoms with Gasteiger partial charge in [-0.05, 0) is 30.5 Å². The number of hydrogen-bond acceptors (Lipinski definition) is 3. The van der Waals surface area contributed by atoms with Crippen LogP contribution in [0.2, 0.25) is 0 Å². The minimum Gasteiger partial charge on any atom is -0.298 e.